The van der Waals surface area contributed by atoms with Crippen LogP contribution in [0.4, 0.5) is 11.4 Å². The fourth-order valence-electron chi connectivity index (χ4n) is 2.55. The second-order valence-corrected chi connectivity index (χ2v) is 5.83. The minimum absolute atomic E-state index is 0.304. The van der Waals surface area contributed by atoms with E-state index in [1.165, 1.54) is 13.0 Å². The largest absolute Gasteiger partial charge is 0.397 e. The molecule has 0 aromatic heterocycles. The van der Waals surface area contributed by atoms with E-state index in [4.69, 9.17) is 17.3 Å². The van der Waals surface area contributed by atoms with Gasteiger partial charge in [-0.3, -0.25) is 19.3 Å². The Morgan fingerprint density at radius 1 is 1.12 bits per heavy atom. The van der Waals surface area contributed by atoms with E-state index in [1.807, 2.05) is 0 Å². The van der Waals surface area contributed by atoms with Crippen LogP contribution in [0.25, 0.3) is 0 Å². The first-order valence-electron chi connectivity index (χ1n) is 7.23. The molecule has 2 aromatic rings. The first-order valence-corrected chi connectivity index (χ1v) is 7.60. The van der Waals surface area contributed by atoms with Gasteiger partial charge in [0.25, 0.3) is 11.8 Å². The summed E-state index contributed by atoms with van der Waals surface area (Å²) in [4.78, 5) is 38.1. The summed E-state index contributed by atoms with van der Waals surface area (Å²) in [5.74, 6) is -1.45. The normalized spacial score (nSPS) is 14.5. The van der Waals surface area contributed by atoms with E-state index in [2.05, 4.69) is 5.32 Å². The van der Waals surface area contributed by atoms with E-state index in [0.29, 0.717) is 27.5 Å². The monoisotopic (exact) mass is 343 g/mol. The number of imide groups is 1. The number of carbonyl (C=O) groups excluding carboxylic acids is 3. The lowest BCUT2D eigenvalue weighted by molar-refractivity contribution is -0.119. The first kappa shape index (κ1) is 16.0. The number of fused-ring (bicyclic) bond motifs is 1. The van der Waals surface area contributed by atoms with Crippen LogP contribution in [-0.4, -0.2) is 28.7 Å². The standard InChI is InChI=1S/C17H14ClN3O3/c1-9(15(22)20-10-6-7-13(18)14(19)8-10)21-16(23)11-4-2-3-5-12(11)17(21)24/h2-9H,19H2,1H3,(H,20,22). The molecule has 6 nitrogen and oxygen atoms in total. The van der Waals surface area contributed by atoms with Crippen molar-refractivity contribution in [3.8, 4) is 0 Å². The van der Waals surface area contributed by atoms with Crippen molar-refractivity contribution in [3.05, 3.63) is 58.6 Å². The molecule has 0 aliphatic carbocycles. The van der Waals surface area contributed by atoms with Gasteiger partial charge < -0.3 is 11.1 Å². The van der Waals surface area contributed by atoms with Gasteiger partial charge >= 0.3 is 0 Å². The molecule has 0 bridgehead atoms. The third-order valence-corrected chi connectivity index (χ3v) is 4.20. The number of carbonyl (C=O) groups is 3. The Bertz CT molecular complexity index is 831. The van der Waals surface area contributed by atoms with E-state index < -0.39 is 23.8 Å². The van der Waals surface area contributed by atoms with Crippen LogP contribution in [-0.2, 0) is 4.79 Å². The third kappa shape index (κ3) is 2.61. The summed E-state index contributed by atoms with van der Waals surface area (Å²) < 4.78 is 0. The average molecular weight is 344 g/mol. The van der Waals surface area contributed by atoms with Crippen LogP contribution in [0.1, 0.15) is 27.6 Å². The summed E-state index contributed by atoms with van der Waals surface area (Å²) in [6.07, 6.45) is 0. The van der Waals surface area contributed by atoms with Gasteiger partial charge in [0.1, 0.15) is 6.04 Å². The molecule has 1 aliphatic rings. The van der Waals surface area contributed by atoms with Crippen LogP contribution in [0.2, 0.25) is 5.02 Å². The van der Waals surface area contributed by atoms with E-state index in [-0.39, 0.29) is 0 Å². The molecular formula is C17H14ClN3O3. The predicted octanol–water partition coefficient (Wildman–Crippen LogP) is 2.55. The van der Waals surface area contributed by atoms with E-state index >= 15 is 0 Å². The molecule has 122 valence electrons. The molecule has 24 heavy (non-hydrogen) atoms. The number of amides is 3. The molecule has 0 spiro atoms. The Morgan fingerprint density at radius 3 is 2.25 bits per heavy atom. The van der Waals surface area contributed by atoms with Gasteiger partial charge in [0, 0.05) is 5.69 Å². The quantitative estimate of drug-likeness (QED) is 0.661. The highest BCUT2D eigenvalue weighted by atomic mass is 35.5. The highest BCUT2D eigenvalue weighted by Crippen LogP contribution is 2.26. The maximum Gasteiger partial charge on any atom is 0.262 e. The lowest BCUT2D eigenvalue weighted by Crippen LogP contribution is -2.45. The second kappa shape index (κ2) is 5.98. The maximum absolute atomic E-state index is 12.4. The zero-order valence-electron chi connectivity index (χ0n) is 12.7. The predicted molar refractivity (Wildman–Crippen MR) is 90.9 cm³/mol. The van der Waals surface area contributed by atoms with Gasteiger partial charge in [0.2, 0.25) is 5.91 Å². The van der Waals surface area contributed by atoms with Crippen LogP contribution < -0.4 is 11.1 Å². The maximum atomic E-state index is 12.4. The summed E-state index contributed by atoms with van der Waals surface area (Å²) in [6.45, 7) is 1.50. The highest BCUT2D eigenvalue weighted by molar-refractivity contribution is 6.33. The molecule has 3 amide bonds. The molecule has 1 atom stereocenters. The van der Waals surface area contributed by atoms with E-state index in [9.17, 15) is 14.4 Å². The fraction of sp³-hybridized carbons (Fsp3) is 0.118. The van der Waals surface area contributed by atoms with Crippen LogP contribution in [0.5, 0.6) is 0 Å². The molecule has 0 saturated carbocycles. The summed E-state index contributed by atoms with van der Waals surface area (Å²) in [5, 5.41) is 3.01. The van der Waals surface area contributed by atoms with Crippen molar-refractivity contribution >= 4 is 40.7 Å². The highest BCUT2D eigenvalue weighted by Gasteiger charge is 2.40. The fourth-order valence-corrected chi connectivity index (χ4v) is 2.66. The Kier molecular flexibility index (Phi) is 3.99. The molecule has 2 aromatic carbocycles. The minimum Gasteiger partial charge on any atom is -0.397 e. The van der Waals surface area contributed by atoms with Gasteiger partial charge in [-0.25, -0.2) is 0 Å². The summed E-state index contributed by atoms with van der Waals surface area (Å²) >= 11 is 5.84. The number of nitrogen functional groups attached to an aromatic ring is 1. The van der Waals surface area contributed by atoms with Crippen molar-refractivity contribution < 1.29 is 14.4 Å². The SMILES string of the molecule is CC(C(=O)Nc1ccc(Cl)c(N)c1)N1C(=O)c2ccccc2C1=O. The topological polar surface area (TPSA) is 92.5 Å². The number of rotatable bonds is 3. The van der Waals surface area contributed by atoms with Crippen LogP contribution in [0.15, 0.2) is 42.5 Å². The molecule has 3 rings (SSSR count). The van der Waals surface area contributed by atoms with Gasteiger partial charge in [0.05, 0.1) is 21.8 Å². The lowest BCUT2D eigenvalue weighted by Gasteiger charge is -2.21. The number of nitrogens with two attached hydrogens (primary N) is 1. The smallest absolute Gasteiger partial charge is 0.262 e. The van der Waals surface area contributed by atoms with Crippen molar-refractivity contribution in [1.29, 1.82) is 0 Å². The van der Waals surface area contributed by atoms with Crippen molar-refractivity contribution in [2.45, 2.75) is 13.0 Å². The molecule has 0 fully saturated rings. The van der Waals surface area contributed by atoms with Crippen LogP contribution >= 0.6 is 11.6 Å². The molecule has 1 heterocycles. The average Bonchev–Trinajstić information content (AvgIpc) is 2.82. The van der Waals surface area contributed by atoms with Crippen molar-refractivity contribution in [1.82, 2.24) is 4.90 Å². The number of benzene rings is 2. The zero-order valence-corrected chi connectivity index (χ0v) is 13.5. The Labute approximate surface area is 143 Å². The van der Waals surface area contributed by atoms with Gasteiger partial charge in [-0.1, -0.05) is 23.7 Å². The van der Waals surface area contributed by atoms with E-state index in [1.54, 1.807) is 36.4 Å². The molecular weight excluding hydrogens is 330 g/mol. The number of halogens is 1. The van der Waals surface area contributed by atoms with Gasteiger partial charge in [-0.15, -0.1) is 0 Å². The summed E-state index contributed by atoms with van der Waals surface area (Å²) in [5.41, 5.74) is 7.06. The Hall–Kier alpha value is -2.86. The Balaban J connectivity index is 1.80. The number of hydrogen-bond donors (Lipinski definition) is 2. The molecule has 3 N–H and O–H groups in total. The minimum atomic E-state index is -0.964. The molecule has 7 heteroatoms. The van der Waals surface area contributed by atoms with Crippen LogP contribution in [0, 0.1) is 0 Å². The number of nitrogens with one attached hydrogen (secondary N) is 1. The Morgan fingerprint density at radius 2 is 1.71 bits per heavy atom. The van der Waals surface area contributed by atoms with Gasteiger partial charge in [-0.2, -0.15) is 0 Å². The second-order valence-electron chi connectivity index (χ2n) is 5.43. The van der Waals surface area contributed by atoms with Gasteiger partial charge in [-0.05, 0) is 37.3 Å². The lowest BCUT2D eigenvalue weighted by atomic mass is 10.1. The van der Waals surface area contributed by atoms with E-state index in [0.717, 1.165) is 4.90 Å². The first-order chi connectivity index (χ1) is 11.4. The van der Waals surface area contributed by atoms with Crippen molar-refractivity contribution in [2.75, 3.05) is 11.1 Å². The molecule has 1 aliphatic heterocycles. The zero-order chi connectivity index (χ0) is 17.4. The number of hydrogen-bond acceptors (Lipinski definition) is 4. The third-order valence-electron chi connectivity index (χ3n) is 3.86. The van der Waals surface area contributed by atoms with Crippen molar-refractivity contribution in [2.24, 2.45) is 0 Å². The molecule has 1 unspecified atom stereocenters. The van der Waals surface area contributed by atoms with Crippen molar-refractivity contribution in [3.63, 3.8) is 0 Å². The summed E-state index contributed by atoms with van der Waals surface area (Å²) in [7, 11) is 0. The number of nitrogens with zero attached hydrogens (tertiary/aromatic N) is 1. The molecule has 0 radical (unpaired) electrons. The molecule has 0 saturated heterocycles. The number of anilines is 2. The summed E-state index contributed by atoms with van der Waals surface area (Å²) in [6, 6.07) is 10.2. The van der Waals surface area contributed by atoms with Gasteiger partial charge in [0.15, 0.2) is 0 Å². The van der Waals surface area contributed by atoms with Crippen LogP contribution in [0.3, 0.4) is 0 Å².